The van der Waals surface area contributed by atoms with Gasteiger partial charge in [-0.05, 0) is 41.8 Å². The molecular weight excluding hydrogens is 356 g/mol. The number of hydrogen-bond acceptors (Lipinski definition) is 5. The monoisotopic (exact) mass is 374 g/mol. The van der Waals surface area contributed by atoms with Gasteiger partial charge in [0.15, 0.2) is 23.9 Å². The van der Waals surface area contributed by atoms with Crippen molar-refractivity contribution >= 4 is 23.4 Å². The van der Waals surface area contributed by atoms with Gasteiger partial charge < -0.3 is 14.2 Å². The van der Waals surface area contributed by atoms with Gasteiger partial charge in [-0.25, -0.2) is 0 Å². The summed E-state index contributed by atoms with van der Waals surface area (Å²) in [7, 11) is 0. The second kappa shape index (κ2) is 7.79. The molecule has 136 valence electrons. The predicted molar refractivity (Wildman–Crippen MR) is 96.9 cm³/mol. The third-order valence-corrected chi connectivity index (χ3v) is 4.44. The van der Waals surface area contributed by atoms with E-state index < -0.39 is 11.9 Å². The molecule has 1 aliphatic heterocycles. The van der Waals surface area contributed by atoms with Gasteiger partial charge in [-0.15, -0.1) is 0 Å². The van der Waals surface area contributed by atoms with Gasteiger partial charge in [0.05, 0.1) is 5.92 Å². The molecule has 0 saturated heterocycles. The zero-order valence-electron chi connectivity index (χ0n) is 14.5. The van der Waals surface area contributed by atoms with Crippen molar-refractivity contribution in [2.45, 2.75) is 19.8 Å². The van der Waals surface area contributed by atoms with Crippen molar-refractivity contribution < 1.29 is 23.8 Å². The van der Waals surface area contributed by atoms with Crippen LogP contribution >= 0.6 is 11.6 Å². The van der Waals surface area contributed by atoms with Crippen LogP contribution in [-0.4, -0.2) is 25.2 Å². The zero-order chi connectivity index (χ0) is 18.7. The Morgan fingerprint density at radius 1 is 1.08 bits per heavy atom. The molecule has 0 N–H and O–H groups in total. The Labute approximate surface area is 156 Å². The van der Waals surface area contributed by atoms with Gasteiger partial charge in [-0.3, -0.25) is 9.59 Å². The highest BCUT2D eigenvalue weighted by atomic mass is 35.5. The van der Waals surface area contributed by atoms with Crippen LogP contribution in [0.1, 0.15) is 35.7 Å². The van der Waals surface area contributed by atoms with E-state index in [9.17, 15) is 9.59 Å². The van der Waals surface area contributed by atoms with Crippen LogP contribution in [0.4, 0.5) is 0 Å². The first-order chi connectivity index (χ1) is 12.5. The maximum absolute atomic E-state index is 12.5. The minimum absolute atomic E-state index is 0.0179. The molecule has 0 unspecified atom stereocenters. The molecule has 26 heavy (non-hydrogen) atoms. The van der Waals surface area contributed by atoms with Crippen molar-refractivity contribution in [3.05, 3.63) is 58.6 Å². The van der Waals surface area contributed by atoms with E-state index in [1.807, 2.05) is 13.8 Å². The van der Waals surface area contributed by atoms with Gasteiger partial charge in [0.2, 0.25) is 6.79 Å². The molecule has 1 aliphatic rings. The average Bonchev–Trinajstić information content (AvgIpc) is 3.09. The van der Waals surface area contributed by atoms with E-state index in [2.05, 4.69) is 0 Å². The predicted octanol–water partition coefficient (Wildman–Crippen LogP) is 4.23. The van der Waals surface area contributed by atoms with E-state index in [0.29, 0.717) is 22.1 Å². The van der Waals surface area contributed by atoms with Gasteiger partial charge in [-0.1, -0.05) is 37.6 Å². The molecule has 3 rings (SSSR count). The van der Waals surface area contributed by atoms with Crippen LogP contribution in [0, 0.1) is 5.92 Å². The van der Waals surface area contributed by atoms with Gasteiger partial charge >= 0.3 is 5.97 Å². The second-order valence-corrected chi connectivity index (χ2v) is 6.81. The summed E-state index contributed by atoms with van der Waals surface area (Å²) in [6, 6.07) is 12.0. The van der Waals surface area contributed by atoms with E-state index in [1.54, 1.807) is 42.5 Å². The molecule has 2 aromatic rings. The van der Waals surface area contributed by atoms with Crippen molar-refractivity contribution in [1.29, 1.82) is 0 Å². The van der Waals surface area contributed by atoms with E-state index in [4.69, 9.17) is 25.8 Å². The zero-order valence-corrected chi connectivity index (χ0v) is 15.3. The normalized spacial score (nSPS) is 13.5. The summed E-state index contributed by atoms with van der Waals surface area (Å²) in [5.74, 6) is -0.0580. The number of benzene rings is 2. The summed E-state index contributed by atoms with van der Waals surface area (Å²) in [4.78, 5) is 24.9. The molecule has 0 radical (unpaired) electrons. The lowest BCUT2D eigenvalue weighted by Gasteiger charge is -2.19. The lowest BCUT2D eigenvalue weighted by atomic mass is 9.88. The number of ether oxygens (including phenoxy) is 3. The molecule has 2 aromatic carbocycles. The number of esters is 1. The molecule has 0 bridgehead atoms. The standard InChI is InChI=1S/C20H19ClO5/c1-12(2)19(13-3-6-15(21)7-4-13)20(23)24-10-16(22)14-5-8-17-18(9-14)26-11-25-17/h3-9,12,19H,10-11H2,1-2H3/t19-/m0/s1. The van der Waals surface area contributed by atoms with Crippen LogP contribution in [0.25, 0.3) is 0 Å². The number of hydrogen-bond donors (Lipinski definition) is 0. The third kappa shape index (κ3) is 3.99. The number of carbonyl (C=O) groups excluding carboxylic acids is 2. The number of fused-ring (bicyclic) bond motifs is 1. The topological polar surface area (TPSA) is 61.8 Å². The summed E-state index contributed by atoms with van der Waals surface area (Å²) in [5, 5.41) is 0.600. The highest BCUT2D eigenvalue weighted by Gasteiger charge is 2.26. The van der Waals surface area contributed by atoms with Crippen molar-refractivity contribution in [3.63, 3.8) is 0 Å². The molecule has 1 atom stereocenters. The maximum Gasteiger partial charge on any atom is 0.314 e. The number of ketones is 1. The first-order valence-corrected chi connectivity index (χ1v) is 8.68. The molecule has 0 fully saturated rings. The average molecular weight is 375 g/mol. The molecule has 6 heteroatoms. The van der Waals surface area contributed by atoms with Gasteiger partial charge in [0.1, 0.15) is 0 Å². The highest BCUT2D eigenvalue weighted by molar-refractivity contribution is 6.30. The van der Waals surface area contributed by atoms with Crippen LogP contribution in [0.15, 0.2) is 42.5 Å². The minimum Gasteiger partial charge on any atom is -0.457 e. The molecule has 0 aliphatic carbocycles. The first kappa shape index (κ1) is 18.3. The Bertz CT molecular complexity index is 813. The summed E-state index contributed by atoms with van der Waals surface area (Å²) >= 11 is 5.91. The lowest BCUT2D eigenvalue weighted by Crippen LogP contribution is -2.23. The van der Waals surface area contributed by atoms with E-state index in [0.717, 1.165) is 5.56 Å². The fourth-order valence-electron chi connectivity index (χ4n) is 2.84. The minimum atomic E-state index is -0.461. The van der Waals surface area contributed by atoms with Crippen molar-refractivity contribution in [2.75, 3.05) is 13.4 Å². The van der Waals surface area contributed by atoms with Gasteiger partial charge in [0, 0.05) is 10.6 Å². The summed E-state index contributed by atoms with van der Waals surface area (Å²) in [5.41, 5.74) is 1.22. The number of halogens is 1. The Hall–Kier alpha value is -2.53. The van der Waals surface area contributed by atoms with E-state index in [1.165, 1.54) is 0 Å². The van der Waals surface area contributed by atoms with Crippen LogP contribution < -0.4 is 9.47 Å². The smallest absolute Gasteiger partial charge is 0.314 e. The quantitative estimate of drug-likeness (QED) is 0.559. The van der Waals surface area contributed by atoms with Crippen molar-refractivity contribution in [2.24, 2.45) is 5.92 Å². The Morgan fingerprint density at radius 2 is 1.77 bits per heavy atom. The fourth-order valence-corrected chi connectivity index (χ4v) is 2.97. The van der Waals surface area contributed by atoms with E-state index >= 15 is 0 Å². The summed E-state index contributed by atoms with van der Waals surface area (Å²) in [6.45, 7) is 3.68. The molecule has 0 amide bonds. The third-order valence-electron chi connectivity index (χ3n) is 4.19. The molecule has 0 spiro atoms. The second-order valence-electron chi connectivity index (χ2n) is 6.37. The van der Waals surface area contributed by atoms with Crippen LogP contribution in [0.5, 0.6) is 11.5 Å². The van der Waals surface area contributed by atoms with Crippen LogP contribution in [0.3, 0.4) is 0 Å². The Morgan fingerprint density at radius 3 is 2.46 bits per heavy atom. The highest BCUT2D eigenvalue weighted by Crippen LogP contribution is 2.32. The summed E-state index contributed by atoms with van der Waals surface area (Å²) < 4.78 is 15.8. The SMILES string of the molecule is CC(C)[C@H](C(=O)OCC(=O)c1ccc2c(c1)OCO2)c1ccc(Cl)cc1. The van der Waals surface area contributed by atoms with Crippen molar-refractivity contribution in [1.82, 2.24) is 0 Å². The van der Waals surface area contributed by atoms with E-state index in [-0.39, 0.29) is 25.1 Å². The molecule has 5 nitrogen and oxygen atoms in total. The van der Waals surface area contributed by atoms with Crippen LogP contribution in [-0.2, 0) is 9.53 Å². The molecule has 1 heterocycles. The van der Waals surface area contributed by atoms with Crippen molar-refractivity contribution in [3.8, 4) is 11.5 Å². The Kier molecular flexibility index (Phi) is 5.47. The fraction of sp³-hybridized carbons (Fsp3) is 0.300. The van der Waals surface area contributed by atoms with Gasteiger partial charge in [0.25, 0.3) is 0 Å². The summed E-state index contributed by atoms with van der Waals surface area (Å²) in [6.07, 6.45) is 0. The number of rotatable bonds is 6. The molecular formula is C20H19ClO5. The number of carbonyl (C=O) groups is 2. The molecule has 0 saturated carbocycles. The number of Topliss-reactive ketones (excluding diaryl/α,β-unsaturated/α-hetero) is 1. The lowest BCUT2D eigenvalue weighted by molar-refractivity contribution is -0.145. The van der Waals surface area contributed by atoms with Crippen LogP contribution in [0.2, 0.25) is 5.02 Å². The van der Waals surface area contributed by atoms with Gasteiger partial charge in [-0.2, -0.15) is 0 Å². The first-order valence-electron chi connectivity index (χ1n) is 8.30. The molecule has 0 aromatic heterocycles. The Balaban J connectivity index is 1.66. The maximum atomic E-state index is 12.5. The largest absolute Gasteiger partial charge is 0.457 e.